The number of nitrogens with one attached hydrogen (secondary N) is 2. The highest BCUT2D eigenvalue weighted by Crippen LogP contribution is 2.19. The average Bonchev–Trinajstić information content (AvgIpc) is 2.15. The number of halogens is 4. The van der Waals surface area contributed by atoms with E-state index in [-0.39, 0.29) is 23.7 Å². The van der Waals surface area contributed by atoms with Crippen LogP contribution in [0.25, 0.3) is 0 Å². The van der Waals surface area contributed by atoms with Gasteiger partial charge in [-0.1, -0.05) is 0 Å². The van der Waals surface area contributed by atoms with E-state index >= 15 is 0 Å². The van der Waals surface area contributed by atoms with Crippen molar-refractivity contribution >= 4 is 23.5 Å². The maximum Gasteiger partial charge on any atom is 0.390 e. The number of hydrogen-bond acceptors (Lipinski definition) is 5. The van der Waals surface area contributed by atoms with E-state index in [4.69, 9.17) is 11.6 Å². The molecule has 96 valence electrons. The molecule has 9 heteroatoms. The van der Waals surface area contributed by atoms with Crippen molar-refractivity contribution < 1.29 is 13.2 Å². The van der Waals surface area contributed by atoms with Gasteiger partial charge < -0.3 is 10.6 Å². The second kappa shape index (κ2) is 5.85. The lowest BCUT2D eigenvalue weighted by atomic mass is 10.4. The third-order valence-electron chi connectivity index (χ3n) is 1.63. The summed E-state index contributed by atoms with van der Waals surface area (Å²) in [6.07, 6.45) is -5.18. The summed E-state index contributed by atoms with van der Waals surface area (Å²) in [5, 5.41) is 5.14. The maximum absolute atomic E-state index is 11.9. The quantitative estimate of drug-likeness (QED) is 0.859. The Kier molecular flexibility index (Phi) is 4.73. The lowest BCUT2D eigenvalue weighted by Gasteiger charge is -2.08. The van der Waals surface area contributed by atoms with Crippen molar-refractivity contribution in [3.05, 3.63) is 5.28 Å². The zero-order valence-electron chi connectivity index (χ0n) is 8.97. The first-order valence-electron chi connectivity index (χ1n) is 4.87. The lowest BCUT2D eigenvalue weighted by molar-refractivity contribution is -0.131. The molecule has 0 aliphatic rings. The van der Waals surface area contributed by atoms with Crippen molar-refractivity contribution in [2.75, 3.05) is 23.7 Å². The number of anilines is 2. The second-order valence-corrected chi connectivity index (χ2v) is 3.41. The second-order valence-electron chi connectivity index (χ2n) is 3.07. The minimum Gasteiger partial charge on any atom is -0.354 e. The van der Waals surface area contributed by atoms with Crippen LogP contribution in [-0.2, 0) is 0 Å². The fraction of sp³-hybridized carbons (Fsp3) is 0.625. The molecule has 0 spiro atoms. The average molecular weight is 270 g/mol. The molecule has 0 unspecified atom stereocenters. The monoisotopic (exact) mass is 269 g/mol. The van der Waals surface area contributed by atoms with Crippen molar-refractivity contribution in [3.8, 4) is 0 Å². The summed E-state index contributed by atoms with van der Waals surface area (Å²) in [6.45, 7) is 2.09. The Morgan fingerprint density at radius 1 is 1.12 bits per heavy atom. The number of rotatable bonds is 5. The molecule has 1 aromatic rings. The molecule has 0 aromatic carbocycles. The highest BCUT2D eigenvalue weighted by atomic mass is 35.5. The van der Waals surface area contributed by atoms with Gasteiger partial charge in [0.1, 0.15) is 0 Å². The van der Waals surface area contributed by atoms with E-state index in [9.17, 15) is 13.2 Å². The van der Waals surface area contributed by atoms with Gasteiger partial charge in [-0.05, 0) is 18.5 Å². The molecule has 0 aliphatic heterocycles. The summed E-state index contributed by atoms with van der Waals surface area (Å²) in [5.41, 5.74) is 0. The summed E-state index contributed by atoms with van der Waals surface area (Å²) in [5.74, 6) is 0.243. The molecule has 0 saturated carbocycles. The van der Waals surface area contributed by atoms with E-state index in [0.29, 0.717) is 6.54 Å². The fourth-order valence-electron chi connectivity index (χ4n) is 0.982. The molecule has 0 atom stereocenters. The first-order chi connectivity index (χ1) is 7.90. The van der Waals surface area contributed by atoms with Crippen LogP contribution in [0.15, 0.2) is 0 Å². The standard InChI is InChI=1S/C8H11ClF3N5/c1-2-13-6-15-5(9)16-7(17-6)14-4-3-8(10,11)12/h2-4H2,1H3,(H2,13,14,15,16,17). The van der Waals surface area contributed by atoms with Gasteiger partial charge in [0, 0.05) is 13.1 Å². The van der Waals surface area contributed by atoms with E-state index in [0.717, 1.165) is 0 Å². The van der Waals surface area contributed by atoms with Crippen LogP contribution < -0.4 is 10.6 Å². The smallest absolute Gasteiger partial charge is 0.354 e. The molecule has 0 amide bonds. The Labute approximate surface area is 101 Å². The van der Waals surface area contributed by atoms with Crippen molar-refractivity contribution in [1.29, 1.82) is 0 Å². The van der Waals surface area contributed by atoms with Crippen LogP contribution in [0.3, 0.4) is 0 Å². The lowest BCUT2D eigenvalue weighted by Crippen LogP contribution is -2.16. The normalized spacial score (nSPS) is 11.4. The zero-order chi connectivity index (χ0) is 12.9. The SMILES string of the molecule is CCNc1nc(Cl)nc(NCCC(F)(F)F)n1. The van der Waals surface area contributed by atoms with E-state index < -0.39 is 12.6 Å². The summed E-state index contributed by atoms with van der Waals surface area (Å²) >= 11 is 5.59. The Hall–Kier alpha value is -1.31. The summed E-state index contributed by atoms with van der Waals surface area (Å²) in [6, 6.07) is 0. The van der Waals surface area contributed by atoms with Crippen molar-refractivity contribution in [1.82, 2.24) is 15.0 Å². The fourth-order valence-corrected chi connectivity index (χ4v) is 1.14. The van der Waals surface area contributed by atoms with Crippen LogP contribution in [0.2, 0.25) is 5.28 Å². The van der Waals surface area contributed by atoms with Crippen LogP contribution in [0.1, 0.15) is 13.3 Å². The van der Waals surface area contributed by atoms with Crippen LogP contribution in [0.4, 0.5) is 25.1 Å². The Bertz CT molecular complexity index is 371. The molecular weight excluding hydrogens is 259 g/mol. The molecule has 1 aromatic heterocycles. The zero-order valence-corrected chi connectivity index (χ0v) is 9.73. The molecule has 0 fully saturated rings. The van der Waals surface area contributed by atoms with E-state index in [1.165, 1.54) is 0 Å². The van der Waals surface area contributed by atoms with Crippen LogP contribution in [0.5, 0.6) is 0 Å². The third-order valence-corrected chi connectivity index (χ3v) is 1.80. The Balaban J connectivity index is 2.58. The van der Waals surface area contributed by atoms with Crippen LogP contribution in [0, 0.1) is 0 Å². The van der Waals surface area contributed by atoms with Gasteiger partial charge in [0.15, 0.2) is 0 Å². The Morgan fingerprint density at radius 2 is 1.71 bits per heavy atom. The molecule has 5 nitrogen and oxygen atoms in total. The van der Waals surface area contributed by atoms with Gasteiger partial charge in [-0.2, -0.15) is 28.1 Å². The van der Waals surface area contributed by atoms with Gasteiger partial charge in [0.2, 0.25) is 17.2 Å². The minimum absolute atomic E-state index is 0.0187. The first kappa shape index (κ1) is 13.8. The van der Waals surface area contributed by atoms with Gasteiger partial charge in [0.05, 0.1) is 6.42 Å². The van der Waals surface area contributed by atoms with Crippen molar-refractivity contribution in [2.24, 2.45) is 0 Å². The molecule has 1 rings (SSSR count). The van der Waals surface area contributed by atoms with Crippen molar-refractivity contribution in [2.45, 2.75) is 19.5 Å². The largest absolute Gasteiger partial charge is 0.390 e. The summed E-state index contributed by atoms with van der Waals surface area (Å²) < 4.78 is 35.7. The molecular formula is C8H11ClF3N5. The number of aromatic nitrogens is 3. The summed E-state index contributed by atoms with van der Waals surface area (Å²) in [7, 11) is 0. The molecule has 2 N–H and O–H groups in total. The maximum atomic E-state index is 11.9. The summed E-state index contributed by atoms with van der Waals surface area (Å²) in [4.78, 5) is 11.3. The highest BCUT2D eigenvalue weighted by Gasteiger charge is 2.26. The molecule has 0 aliphatic carbocycles. The van der Waals surface area contributed by atoms with Gasteiger partial charge in [-0.3, -0.25) is 0 Å². The van der Waals surface area contributed by atoms with Crippen LogP contribution in [-0.4, -0.2) is 34.2 Å². The van der Waals surface area contributed by atoms with Gasteiger partial charge >= 0.3 is 6.18 Å². The number of hydrogen-bond donors (Lipinski definition) is 2. The first-order valence-corrected chi connectivity index (χ1v) is 5.24. The minimum atomic E-state index is -4.21. The van der Waals surface area contributed by atoms with Gasteiger partial charge in [0.25, 0.3) is 0 Å². The predicted octanol–water partition coefficient (Wildman–Crippen LogP) is 2.32. The topological polar surface area (TPSA) is 62.7 Å². The Morgan fingerprint density at radius 3 is 2.24 bits per heavy atom. The predicted molar refractivity (Wildman–Crippen MR) is 58.2 cm³/mol. The third kappa shape index (κ3) is 5.53. The molecule has 0 bridgehead atoms. The molecule has 0 saturated heterocycles. The van der Waals surface area contributed by atoms with E-state index in [1.54, 1.807) is 0 Å². The number of alkyl halides is 3. The van der Waals surface area contributed by atoms with Crippen molar-refractivity contribution in [3.63, 3.8) is 0 Å². The van der Waals surface area contributed by atoms with Gasteiger partial charge in [-0.15, -0.1) is 0 Å². The van der Waals surface area contributed by atoms with Crippen LogP contribution >= 0.6 is 11.6 Å². The number of nitrogens with zero attached hydrogens (tertiary/aromatic N) is 3. The molecule has 17 heavy (non-hydrogen) atoms. The highest BCUT2D eigenvalue weighted by molar-refractivity contribution is 6.28. The molecule has 0 radical (unpaired) electrons. The van der Waals surface area contributed by atoms with Gasteiger partial charge in [-0.25, -0.2) is 0 Å². The van der Waals surface area contributed by atoms with E-state index in [1.807, 2.05) is 6.92 Å². The molecule has 1 heterocycles. The van der Waals surface area contributed by atoms with E-state index in [2.05, 4.69) is 25.6 Å².